The lowest BCUT2D eigenvalue weighted by molar-refractivity contribution is -0.120. The molecule has 1 aliphatic heterocycles. The Kier molecular flexibility index (Phi) is 5.63. The fraction of sp³-hybridized carbons (Fsp3) is 0.500. The van der Waals surface area contributed by atoms with Gasteiger partial charge in [-0.25, -0.2) is 4.79 Å². The van der Waals surface area contributed by atoms with Crippen molar-refractivity contribution in [3.63, 3.8) is 0 Å². The summed E-state index contributed by atoms with van der Waals surface area (Å²) in [5.41, 5.74) is 0.429. The van der Waals surface area contributed by atoms with Crippen LogP contribution in [-0.2, 0) is 9.53 Å². The summed E-state index contributed by atoms with van der Waals surface area (Å²) in [6.07, 6.45) is 2.01. The van der Waals surface area contributed by atoms with Gasteiger partial charge >= 0.3 is 5.97 Å². The lowest BCUT2D eigenvalue weighted by Gasteiger charge is -2.28. The van der Waals surface area contributed by atoms with E-state index in [1.54, 1.807) is 23.1 Å². The summed E-state index contributed by atoms with van der Waals surface area (Å²) >= 11 is 0. The average molecular weight is 307 g/mol. The Morgan fingerprint density at radius 3 is 2.64 bits per heavy atom. The normalized spacial score (nSPS) is 15.3. The molecule has 0 radical (unpaired) electrons. The van der Waals surface area contributed by atoms with Crippen molar-refractivity contribution in [3.8, 4) is 11.5 Å². The third kappa shape index (κ3) is 3.90. The van der Waals surface area contributed by atoms with Crippen molar-refractivity contribution < 1.29 is 23.8 Å². The third-order valence-electron chi connectivity index (χ3n) is 3.60. The van der Waals surface area contributed by atoms with E-state index in [0.717, 1.165) is 6.41 Å². The van der Waals surface area contributed by atoms with Crippen LogP contribution in [-0.4, -0.2) is 50.2 Å². The van der Waals surface area contributed by atoms with Crippen LogP contribution < -0.4 is 9.47 Å². The molecule has 1 fully saturated rings. The van der Waals surface area contributed by atoms with Crippen LogP contribution >= 0.6 is 0 Å². The van der Waals surface area contributed by atoms with Gasteiger partial charge in [0.1, 0.15) is 6.10 Å². The van der Waals surface area contributed by atoms with E-state index in [-0.39, 0.29) is 12.1 Å². The molecular weight excluding hydrogens is 286 g/mol. The number of methoxy groups -OCH3 is 1. The van der Waals surface area contributed by atoms with Gasteiger partial charge in [-0.3, -0.25) is 4.79 Å². The van der Waals surface area contributed by atoms with Gasteiger partial charge < -0.3 is 19.1 Å². The van der Waals surface area contributed by atoms with E-state index < -0.39 is 0 Å². The standard InChI is InChI=1S/C16H21NO5/c1-3-21-14-5-4-12(10-15(14)20-2)16(19)22-13-6-8-17(11-18)9-7-13/h4-5,10-11,13H,3,6-9H2,1-2H3. The highest BCUT2D eigenvalue weighted by Crippen LogP contribution is 2.28. The highest BCUT2D eigenvalue weighted by atomic mass is 16.5. The predicted octanol–water partition coefficient (Wildman–Crippen LogP) is 1.87. The number of esters is 1. The number of benzene rings is 1. The maximum Gasteiger partial charge on any atom is 0.338 e. The van der Waals surface area contributed by atoms with Gasteiger partial charge in [-0.1, -0.05) is 0 Å². The molecule has 22 heavy (non-hydrogen) atoms. The van der Waals surface area contributed by atoms with Crippen molar-refractivity contribution in [2.75, 3.05) is 26.8 Å². The Balaban J connectivity index is 1.99. The van der Waals surface area contributed by atoms with E-state index in [0.29, 0.717) is 49.6 Å². The van der Waals surface area contributed by atoms with E-state index in [2.05, 4.69) is 0 Å². The molecule has 0 bridgehead atoms. The highest BCUT2D eigenvalue weighted by molar-refractivity contribution is 5.90. The second-order valence-electron chi connectivity index (χ2n) is 5.04. The molecule has 0 spiro atoms. The molecule has 0 unspecified atom stereocenters. The molecule has 6 heteroatoms. The SMILES string of the molecule is CCOc1ccc(C(=O)OC2CCN(C=O)CC2)cc1OC. The minimum Gasteiger partial charge on any atom is -0.493 e. The number of rotatable bonds is 6. The lowest BCUT2D eigenvalue weighted by Crippen LogP contribution is -2.36. The quantitative estimate of drug-likeness (QED) is 0.593. The van der Waals surface area contributed by atoms with Crippen LogP contribution in [0.2, 0.25) is 0 Å². The van der Waals surface area contributed by atoms with Gasteiger partial charge in [0.25, 0.3) is 0 Å². The Morgan fingerprint density at radius 2 is 2.05 bits per heavy atom. The monoisotopic (exact) mass is 307 g/mol. The maximum atomic E-state index is 12.2. The summed E-state index contributed by atoms with van der Waals surface area (Å²) in [7, 11) is 1.53. The third-order valence-corrected chi connectivity index (χ3v) is 3.60. The van der Waals surface area contributed by atoms with Gasteiger partial charge in [0.05, 0.1) is 19.3 Å². The lowest BCUT2D eigenvalue weighted by atomic mass is 10.1. The van der Waals surface area contributed by atoms with E-state index in [1.165, 1.54) is 7.11 Å². The Hall–Kier alpha value is -2.24. The van der Waals surface area contributed by atoms with Crippen molar-refractivity contribution in [2.24, 2.45) is 0 Å². The van der Waals surface area contributed by atoms with Gasteiger partial charge in [-0.05, 0) is 25.1 Å². The van der Waals surface area contributed by atoms with Gasteiger partial charge in [0, 0.05) is 25.9 Å². The summed E-state index contributed by atoms with van der Waals surface area (Å²) in [5, 5.41) is 0. The number of nitrogens with zero attached hydrogens (tertiary/aromatic N) is 1. The molecule has 1 saturated heterocycles. The molecule has 0 atom stereocenters. The van der Waals surface area contributed by atoms with Gasteiger partial charge in [0.15, 0.2) is 11.5 Å². The molecule has 1 amide bonds. The second-order valence-corrected chi connectivity index (χ2v) is 5.04. The molecule has 120 valence electrons. The summed E-state index contributed by atoms with van der Waals surface area (Å²) in [6.45, 7) is 3.64. The number of hydrogen-bond donors (Lipinski definition) is 0. The maximum absolute atomic E-state index is 12.2. The molecule has 0 saturated carbocycles. The molecule has 0 aromatic heterocycles. The molecule has 1 aromatic carbocycles. The number of piperidine rings is 1. The Bertz CT molecular complexity index is 523. The minimum atomic E-state index is -0.383. The highest BCUT2D eigenvalue weighted by Gasteiger charge is 2.22. The minimum absolute atomic E-state index is 0.152. The summed E-state index contributed by atoms with van der Waals surface area (Å²) in [4.78, 5) is 24.5. The summed E-state index contributed by atoms with van der Waals surface area (Å²) in [5.74, 6) is 0.721. The second kappa shape index (κ2) is 7.68. The number of ether oxygens (including phenoxy) is 3. The molecule has 1 aliphatic rings. The number of amides is 1. The van der Waals surface area contributed by atoms with Gasteiger partial charge in [-0.15, -0.1) is 0 Å². The fourth-order valence-corrected chi connectivity index (χ4v) is 2.39. The molecular formula is C16H21NO5. The van der Waals surface area contributed by atoms with Crippen molar-refractivity contribution in [3.05, 3.63) is 23.8 Å². The molecule has 0 aliphatic carbocycles. The fourth-order valence-electron chi connectivity index (χ4n) is 2.39. The summed E-state index contributed by atoms with van der Waals surface area (Å²) in [6, 6.07) is 4.98. The number of carbonyl (C=O) groups is 2. The first-order valence-corrected chi connectivity index (χ1v) is 7.39. The molecule has 0 N–H and O–H groups in total. The first kappa shape index (κ1) is 16.1. The van der Waals surface area contributed by atoms with Crippen molar-refractivity contribution in [1.29, 1.82) is 0 Å². The van der Waals surface area contributed by atoms with Crippen molar-refractivity contribution in [1.82, 2.24) is 4.90 Å². The van der Waals surface area contributed by atoms with Crippen LogP contribution in [0.15, 0.2) is 18.2 Å². The number of hydrogen-bond acceptors (Lipinski definition) is 5. The number of likely N-dealkylation sites (tertiary alicyclic amines) is 1. The topological polar surface area (TPSA) is 65.1 Å². The van der Waals surface area contributed by atoms with Crippen LogP contribution in [0, 0.1) is 0 Å². The molecule has 6 nitrogen and oxygen atoms in total. The van der Waals surface area contributed by atoms with Crippen LogP contribution in [0.5, 0.6) is 11.5 Å². The first-order valence-electron chi connectivity index (χ1n) is 7.39. The van der Waals surface area contributed by atoms with E-state index >= 15 is 0 Å². The molecule has 1 heterocycles. The van der Waals surface area contributed by atoms with Crippen molar-refractivity contribution in [2.45, 2.75) is 25.9 Å². The van der Waals surface area contributed by atoms with Crippen molar-refractivity contribution >= 4 is 12.4 Å². The first-order chi connectivity index (χ1) is 10.7. The predicted molar refractivity (Wildman–Crippen MR) is 80.2 cm³/mol. The average Bonchev–Trinajstić information content (AvgIpc) is 2.56. The van der Waals surface area contributed by atoms with Crippen LogP contribution in [0.3, 0.4) is 0 Å². The van der Waals surface area contributed by atoms with Crippen LogP contribution in [0.25, 0.3) is 0 Å². The molecule has 1 aromatic rings. The van der Waals surface area contributed by atoms with Crippen LogP contribution in [0.1, 0.15) is 30.1 Å². The van der Waals surface area contributed by atoms with E-state index in [4.69, 9.17) is 14.2 Å². The molecule has 2 rings (SSSR count). The smallest absolute Gasteiger partial charge is 0.338 e. The zero-order valence-electron chi connectivity index (χ0n) is 12.9. The largest absolute Gasteiger partial charge is 0.493 e. The summed E-state index contributed by atoms with van der Waals surface area (Å²) < 4.78 is 16.1. The zero-order valence-corrected chi connectivity index (χ0v) is 12.9. The van der Waals surface area contributed by atoms with E-state index in [1.807, 2.05) is 6.92 Å². The number of carbonyl (C=O) groups excluding carboxylic acids is 2. The Morgan fingerprint density at radius 1 is 1.32 bits per heavy atom. The Labute approximate surface area is 129 Å². The van der Waals surface area contributed by atoms with Gasteiger partial charge in [0.2, 0.25) is 6.41 Å². The van der Waals surface area contributed by atoms with E-state index in [9.17, 15) is 9.59 Å². The van der Waals surface area contributed by atoms with Crippen LogP contribution in [0.4, 0.5) is 0 Å². The van der Waals surface area contributed by atoms with Gasteiger partial charge in [-0.2, -0.15) is 0 Å². The zero-order chi connectivity index (χ0) is 15.9.